The predicted molar refractivity (Wildman–Crippen MR) is 110 cm³/mol. The van der Waals surface area contributed by atoms with Crippen LogP contribution in [0.15, 0.2) is 0 Å². The molecule has 8 nitrogen and oxygen atoms in total. The van der Waals surface area contributed by atoms with E-state index in [2.05, 4.69) is 0 Å². The molecule has 4 atom stereocenters. The van der Waals surface area contributed by atoms with Gasteiger partial charge in [0.15, 0.2) is 0 Å². The number of ketones is 1. The molecule has 0 aromatic heterocycles. The van der Waals surface area contributed by atoms with Gasteiger partial charge in [-0.3, -0.25) is 33.8 Å². The molecular formula is C19H26N2O6S2. The molecule has 0 spiro atoms. The lowest BCUT2D eigenvalue weighted by atomic mass is 9.86. The van der Waals surface area contributed by atoms with E-state index in [0.717, 1.165) is 9.80 Å². The summed E-state index contributed by atoms with van der Waals surface area (Å²) in [5, 5.41) is -0.966. The lowest BCUT2D eigenvalue weighted by Crippen LogP contribution is -2.45. The maximum atomic E-state index is 12.7. The van der Waals surface area contributed by atoms with Gasteiger partial charge in [0.2, 0.25) is 23.6 Å². The van der Waals surface area contributed by atoms with E-state index in [1.807, 2.05) is 6.92 Å². The van der Waals surface area contributed by atoms with Gasteiger partial charge in [-0.05, 0) is 18.9 Å². The number of aldehydes is 1. The minimum Gasteiger partial charge on any atom is -0.303 e. The zero-order valence-electron chi connectivity index (χ0n) is 16.8. The van der Waals surface area contributed by atoms with Gasteiger partial charge in [0.05, 0.1) is 10.5 Å². The Morgan fingerprint density at radius 3 is 1.86 bits per heavy atom. The first-order valence-electron chi connectivity index (χ1n) is 9.50. The molecule has 0 radical (unpaired) electrons. The van der Waals surface area contributed by atoms with Crippen molar-refractivity contribution in [1.82, 2.24) is 9.80 Å². The van der Waals surface area contributed by atoms with Crippen molar-refractivity contribution >= 4 is 59.2 Å². The standard InChI is InChI=1S/C19H26N2O6S2/c1-4-5-13(23)12(9-21-17(25)7-15(29-3)19(21)27)11(10-22)8-20-16(24)6-14(28-2)18(20)26/h10-12,14-15H,4-9H2,1-3H3. The molecule has 2 aliphatic rings. The van der Waals surface area contributed by atoms with Crippen LogP contribution >= 0.6 is 23.5 Å². The van der Waals surface area contributed by atoms with Crippen molar-refractivity contribution in [2.45, 2.75) is 43.1 Å². The Kier molecular flexibility index (Phi) is 8.45. The zero-order chi connectivity index (χ0) is 21.7. The number of amides is 4. The molecule has 2 saturated heterocycles. The summed E-state index contributed by atoms with van der Waals surface area (Å²) in [5.74, 6) is -3.63. The molecule has 4 amide bonds. The first-order chi connectivity index (χ1) is 13.8. The largest absolute Gasteiger partial charge is 0.303 e. The van der Waals surface area contributed by atoms with E-state index in [0.29, 0.717) is 12.7 Å². The number of Topliss-reactive ketones (excluding diaryl/α,β-unsaturated/α-hetero) is 1. The summed E-state index contributed by atoms with van der Waals surface area (Å²) in [4.78, 5) is 76.1. The lowest BCUT2D eigenvalue weighted by Gasteiger charge is -2.28. The number of imide groups is 2. The van der Waals surface area contributed by atoms with Gasteiger partial charge in [-0.2, -0.15) is 23.5 Å². The molecule has 2 aliphatic heterocycles. The van der Waals surface area contributed by atoms with Crippen LogP contribution in [0, 0.1) is 11.8 Å². The Bertz CT molecular complexity index is 713. The van der Waals surface area contributed by atoms with E-state index in [-0.39, 0.29) is 61.8 Å². The van der Waals surface area contributed by atoms with Crippen LogP contribution in [-0.4, -0.2) is 81.6 Å². The highest BCUT2D eigenvalue weighted by atomic mass is 32.2. The van der Waals surface area contributed by atoms with Crippen molar-refractivity contribution in [2.24, 2.45) is 11.8 Å². The maximum absolute atomic E-state index is 12.7. The monoisotopic (exact) mass is 442 g/mol. The van der Waals surface area contributed by atoms with Gasteiger partial charge >= 0.3 is 0 Å². The second-order valence-electron chi connectivity index (χ2n) is 7.16. The number of nitrogens with zero attached hydrogens (tertiary/aromatic N) is 2. The average molecular weight is 443 g/mol. The third-order valence-corrected chi connectivity index (χ3v) is 7.22. The van der Waals surface area contributed by atoms with E-state index < -0.39 is 22.3 Å². The Labute approximate surface area is 178 Å². The highest BCUT2D eigenvalue weighted by Gasteiger charge is 2.44. The van der Waals surface area contributed by atoms with Crippen LogP contribution in [0.1, 0.15) is 32.6 Å². The molecular weight excluding hydrogens is 416 g/mol. The molecule has 4 unspecified atom stereocenters. The normalized spacial score (nSPS) is 24.4. The minimum atomic E-state index is -0.962. The van der Waals surface area contributed by atoms with Crippen LogP contribution in [0.5, 0.6) is 0 Å². The van der Waals surface area contributed by atoms with Crippen LogP contribution < -0.4 is 0 Å². The van der Waals surface area contributed by atoms with Crippen LogP contribution in [0.2, 0.25) is 0 Å². The molecule has 10 heteroatoms. The van der Waals surface area contributed by atoms with Crippen molar-refractivity contribution in [3.05, 3.63) is 0 Å². The first kappa shape index (κ1) is 23.6. The Morgan fingerprint density at radius 1 is 1.00 bits per heavy atom. The van der Waals surface area contributed by atoms with Crippen molar-refractivity contribution < 1.29 is 28.8 Å². The van der Waals surface area contributed by atoms with Gasteiger partial charge in [-0.15, -0.1) is 0 Å². The first-order valence-corrected chi connectivity index (χ1v) is 12.1. The molecule has 0 aromatic rings. The molecule has 0 bridgehead atoms. The molecule has 2 rings (SSSR count). The molecule has 0 aromatic carbocycles. The van der Waals surface area contributed by atoms with E-state index in [9.17, 15) is 28.8 Å². The second-order valence-corrected chi connectivity index (χ2v) is 9.25. The van der Waals surface area contributed by atoms with Crippen LogP contribution in [0.4, 0.5) is 0 Å². The Morgan fingerprint density at radius 2 is 1.48 bits per heavy atom. The van der Waals surface area contributed by atoms with Gasteiger partial charge in [-0.1, -0.05) is 6.92 Å². The fourth-order valence-electron chi connectivity index (χ4n) is 3.64. The van der Waals surface area contributed by atoms with Crippen LogP contribution in [0.25, 0.3) is 0 Å². The van der Waals surface area contributed by atoms with Gasteiger partial charge in [0.1, 0.15) is 12.1 Å². The number of carbonyl (C=O) groups is 6. The number of thioether (sulfide) groups is 2. The third kappa shape index (κ3) is 5.09. The van der Waals surface area contributed by atoms with E-state index in [1.54, 1.807) is 12.5 Å². The summed E-state index contributed by atoms with van der Waals surface area (Å²) >= 11 is 2.54. The van der Waals surface area contributed by atoms with Crippen molar-refractivity contribution in [1.29, 1.82) is 0 Å². The third-order valence-electron chi connectivity index (χ3n) is 5.35. The number of carbonyl (C=O) groups excluding carboxylic acids is 6. The predicted octanol–water partition coefficient (Wildman–Crippen LogP) is 0.768. The Balaban J connectivity index is 2.23. The summed E-state index contributed by atoms with van der Waals surface area (Å²) in [7, 11) is 0. The molecule has 2 heterocycles. The van der Waals surface area contributed by atoms with E-state index >= 15 is 0 Å². The molecule has 0 N–H and O–H groups in total. The summed E-state index contributed by atoms with van der Waals surface area (Å²) in [6.45, 7) is 1.41. The van der Waals surface area contributed by atoms with E-state index in [1.165, 1.54) is 23.5 Å². The molecule has 0 saturated carbocycles. The van der Waals surface area contributed by atoms with Crippen molar-refractivity contribution in [3.63, 3.8) is 0 Å². The number of hydrogen-bond acceptors (Lipinski definition) is 8. The number of rotatable bonds is 11. The summed E-state index contributed by atoms with van der Waals surface area (Å²) in [6.07, 6.45) is 4.90. The molecule has 160 valence electrons. The highest BCUT2D eigenvalue weighted by molar-refractivity contribution is 8.00. The smallest absolute Gasteiger partial charge is 0.242 e. The van der Waals surface area contributed by atoms with Gasteiger partial charge < -0.3 is 4.79 Å². The van der Waals surface area contributed by atoms with Crippen molar-refractivity contribution in [3.8, 4) is 0 Å². The maximum Gasteiger partial charge on any atom is 0.242 e. The number of hydrogen-bond donors (Lipinski definition) is 0. The topological polar surface area (TPSA) is 109 Å². The average Bonchev–Trinajstić information content (AvgIpc) is 3.13. The van der Waals surface area contributed by atoms with E-state index in [4.69, 9.17) is 0 Å². The zero-order valence-corrected chi connectivity index (χ0v) is 18.4. The fourth-order valence-corrected chi connectivity index (χ4v) is 4.91. The van der Waals surface area contributed by atoms with Crippen molar-refractivity contribution in [2.75, 3.05) is 25.6 Å². The van der Waals surface area contributed by atoms with Crippen LogP contribution in [0.3, 0.4) is 0 Å². The minimum absolute atomic E-state index is 0.0671. The lowest BCUT2D eigenvalue weighted by molar-refractivity contribution is -0.145. The molecule has 0 aliphatic carbocycles. The number of likely N-dealkylation sites (tertiary alicyclic amines) is 2. The summed E-state index contributed by atoms with van der Waals surface area (Å²) < 4.78 is 0. The highest BCUT2D eigenvalue weighted by Crippen LogP contribution is 2.29. The molecule has 2 fully saturated rings. The SMILES string of the molecule is CCCC(=O)C(CN1C(=O)CC(SC)C1=O)C(C=O)CN1C(=O)CC(SC)C1=O. The Hall–Kier alpha value is -1.68. The van der Waals surface area contributed by atoms with Crippen LogP contribution in [-0.2, 0) is 28.8 Å². The second kappa shape index (κ2) is 10.4. The fraction of sp³-hybridized carbons (Fsp3) is 0.684. The summed E-state index contributed by atoms with van der Waals surface area (Å²) in [6, 6.07) is 0. The quantitative estimate of drug-likeness (QED) is 0.341. The summed E-state index contributed by atoms with van der Waals surface area (Å²) in [5.41, 5.74) is 0. The van der Waals surface area contributed by atoms with Gasteiger partial charge in [-0.25, -0.2) is 0 Å². The van der Waals surface area contributed by atoms with Gasteiger partial charge in [0.25, 0.3) is 0 Å². The van der Waals surface area contributed by atoms with Gasteiger partial charge in [0, 0.05) is 44.2 Å². The molecule has 29 heavy (non-hydrogen) atoms.